The van der Waals surface area contributed by atoms with Gasteiger partial charge < -0.3 is 5.32 Å². The van der Waals surface area contributed by atoms with E-state index in [2.05, 4.69) is 29.1 Å². The maximum atomic E-state index is 13.1. The Labute approximate surface area is 94.1 Å². The van der Waals surface area contributed by atoms with Crippen LogP contribution < -0.4 is 5.32 Å². The lowest BCUT2D eigenvalue weighted by Crippen LogP contribution is -2.07. The van der Waals surface area contributed by atoms with Crippen LogP contribution in [0, 0.1) is 11.7 Å². The normalized spacial score (nSPS) is 10.7. The van der Waals surface area contributed by atoms with E-state index in [9.17, 15) is 4.39 Å². The highest BCUT2D eigenvalue weighted by molar-refractivity contribution is 6.28. The van der Waals surface area contributed by atoms with Gasteiger partial charge in [-0.05, 0) is 30.4 Å². The number of anilines is 1. The Morgan fingerprint density at radius 2 is 2.27 bits per heavy atom. The molecule has 0 aliphatic rings. The summed E-state index contributed by atoms with van der Waals surface area (Å²) in [5.41, 5.74) is 0. The van der Waals surface area contributed by atoms with E-state index in [-0.39, 0.29) is 11.1 Å². The molecule has 0 fully saturated rings. The molecule has 0 aliphatic carbocycles. The highest BCUT2D eigenvalue weighted by Gasteiger charge is 2.04. The van der Waals surface area contributed by atoms with Gasteiger partial charge in [0, 0.05) is 6.54 Å². The smallest absolute Gasteiger partial charge is 0.224 e. The molecule has 1 N–H and O–H groups in total. The molecule has 1 aromatic rings. The van der Waals surface area contributed by atoms with E-state index in [1.165, 1.54) is 0 Å². The van der Waals surface area contributed by atoms with E-state index in [0.717, 1.165) is 19.0 Å². The van der Waals surface area contributed by atoms with Crippen LogP contribution in [0.4, 0.5) is 10.2 Å². The van der Waals surface area contributed by atoms with Gasteiger partial charge in [-0.25, -0.2) is 9.37 Å². The highest BCUT2D eigenvalue weighted by Crippen LogP contribution is 2.12. The molecular formula is C10H15ClFN3. The zero-order valence-electron chi connectivity index (χ0n) is 8.93. The van der Waals surface area contributed by atoms with E-state index < -0.39 is 5.82 Å². The monoisotopic (exact) mass is 231 g/mol. The number of hydrogen-bond acceptors (Lipinski definition) is 3. The van der Waals surface area contributed by atoms with Gasteiger partial charge in [-0.2, -0.15) is 4.98 Å². The van der Waals surface area contributed by atoms with Crippen molar-refractivity contribution >= 4 is 17.4 Å². The molecule has 0 radical (unpaired) electrons. The van der Waals surface area contributed by atoms with Gasteiger partial charge in [0.1, 0.15) is 0 Å². The van der Waals surface area contributed by atoms with Gasteiger partial charge >= 0.3 is 0 Å². The predicted octanol–water partition coefficient (Wildman–Crippen LogP) is 3.12. The second-order valence-electron chi connectivity index (χ2n) is 3.80. The molecule has 1 aromatic heterocycles. The summed E-state index contributed by atoms with van der Waals surface area (Å²) >= 11 is 5.55. The Bertz CT molecular complexity index is 318. The van der Waals surface area contributed by atoms with E-state index in [0.29, 0.717) is 12.5 Å². The van der Waals surface area contributed by atoms with E-state index in [1.54, 1.807) is 0 Å². The van der Waals surface area contributed by atoms with Crippen LogP contribution in [-0.2, 0) is 0 Å². The number of halogens is 2. The third-order valence-electron chi connectivity index (χ3n) is 1.97. The Hall–Kier alpha value is -0.900. The number of hydrogen-bond donors (Lipinski definition) is 1. The van der Waals surface area contributed by atoms with Crippen molar-refractivity contribution in [3.05, 3.63) is 17.3 Å². The van der Waals surface area contributed by atoms with Gasteiger partial charge in [-0.1, -0.05) is 13.8 Å². The molecule has 0 spiro atoms. The Morgan fingerprint density at radius 1 is 1.53 bits per heavy atom. The van der Waals surface area contributed by atoms with Crippen LogP contribution in [0.5, 0.6) is 0 Å². The number of nitrogens with zero attached hydrogens (tertiary/aromatic N) is 2. The zero-order chi connectivity index (χ0) is 11.3. The molecule has 0 aromatic carbocycles. The minimum atomic E-state index is -0.469. The van der Waals surface area contributed by atoms with Crippen LogP contribution in [0.25, 0.3) is 0 Å². The van der Waals surface area contributed by atoms with Gasteiger partial charge in [0.2, 0.25) is 5.28 Å². The second-order valence-corrected chi connectivity index (χ2v) is 4.14. The molecule has 0 aliphatic heterocycles. The minimum Gasteiger partial charge on any atom is -0.367 e. The van der Waals surface area contributed by atoms with Crippen LogP contribution in [0.2, 0.25) is 5.28 Å². The molecule has 0 amide bonds. The minimum absolute atomic E-state index is 0.0581. The van der Waals surface area contributed by atoms with Gasteiger partial charge in [0.05, 0.1) is 6.20 Å². The van der Waals surface area contributed by atoms with Crippen molar-refractivity contribution in [3.63, 3.8) is 0 Å². The molecule has 0 saturated carbocycles. The van der Waals surface area contributed by atoms with Crippen LogP contribution in [0.1, 0.15) is 26.7 Å². The summed E-state index contributed by atoms with van der Waals surface area (Å²) in [5.74, 6) is 0.369. The lowest BCUT2D eigenvalue weighted by molar-refractivity contribution is 0.564. The lowest BCUT2D eigenvalue weighted by Gasteiger charge is -2.07. The second kappa shape index (κ2) is 5.85. The largest absolute Gasteiger partial charge is 0.367 e. The van der Waals surface area contributed by atoms with Crippen molar-refractivity contribution in [3.8, 4) is 0 Å². The molecular weight excluding hydrogens is 217 g/mol. The quantitative estimate of drug-likeness (QED) is 0.625. The highest BCUT2D eigenvalue weighted by atomic mass is 35.5. The van der Waals surface area contributed by atoms with Crippen molar-refractivity contribution in [1.82, 2.24) is 9.97 Å². The van der Waals surface area contributed by atoms with Gasteiger partial charge in [-0.15, -0.1) is 0 Å². The third-order valence-corrected chi connectivity index (χ3v) is 2.15. The molecule has 0 bridgehead atoms. The zero-order valence-corrected chi connectivity index (χ0v) is 9.68. The molecule has 0 atom stereocenters. The van der Waals surface area contributed by atoms with Crippen molar-refractivity contribution in [2.45, 2.75) is 26.7 Å². The predicted molar refractivity (Wildman–Crippen MR) is 59.6 cm³/mol. The first-order valence-corrected chi connectivity index (χ1v) is 5.39. The van der Waals surface area contributed by atoms with Gasteiger partial charge in [0.15, 0.2) is 11.6 Å². The van der Waals surface area contributed by atoms with Crippen molar-refractivity contribution < 1.29 is 4.39 Å². The Balaban J connectivity index is 2.40. The molecule has 84 valence electrons. The maximum Gasteiger partial charge on any atom is 0.224 e. The van der Waals surface area contributed by atoms with Crippen LogP contribution in [0.3, 0.4) is 0 Å². The number of aromatic nitrogens is 2. The fourth-order valence-corrected chi connectivity index (χ4v) is 1.32. The van der Waals surface area contributed by atoms with Crippen molar-refractivity contribution in [2.75, 3.05) is 11.9 Å². The van der Waals surface area contributed by atoms with Crippen molar-refractivity contribution in [1.29, 1.82) is 0 Å². The fourth-order valence-electron chi connectivity index (χ4n) is 1.19. The summed E-state index contributed by atoms with van der Waals surface area (Å²) < 4.78 is 13.1. The average molecular weight is 232 g/mol. The summed E-state index contributed by atoms with van der Waals surface area (Å²) in [7, 11) is 0. The van der Waals surface area contributed by atoms with Crippen LogP contribution in [0.15, 0.2) is 6.20 Å². The average Bonchev–Trinajstić information content (AvgIpc) is 2.17. The standard InChI is InChI=1S/C10H15ClFN3/c1-7(2)4-3-5-13-9-8(12)6-14-10(11)15-9/h6-7H,3-5H2,1-2H3,(H,13,14,15). The maximum absolute atomic E-state index is 13.1. The summed E-state index contributed by atoms with van der Waals surface area (Å²) in [5, 5.41) is 2.96. The summed E-state index contributed by atoms with van der Waals surface area (Å²) in [6.45, 7) is 5.01. The molecule has 5 heteroatoms. The molecule has 3 nitrogen and oxygen atoms in total. The first kappa shape index (κ1) is 12.2. The Morgan fingerprint density at radius 3 is 2.93 bits per heavy atom. The van der Waals surface area contributed by atoms with E-state index >= 15 is 0 Å². The summed E-state index contributed by atoms with van der Waals surface area (Å²) in [6.07, 6.45) is 3.16. The molecule has 1 heterocycles. The summed E-state index contributed by atoms with van der Waals surface area (Å²) in [4.78, 5) is 7.29. The van der Waals surface area contributed by atoms with Crippen LogP contribution >= 0.6 is 11.6 Å². The fraction of sp³-hybridized carbons (Fsp3) is 0.600. The first-order valence-electron chi connectivity index (χ1n) is 5.01. The van der Waals surface area contributed by atoms with Crippen LogP contribution in [-0.4, -0.2) is 16.5 Å². The molecule has 15 heavy (non-hydrogen) atoms. The van der Waals surface area contributed by atoms with Crippen molar-refractivity contribution in [2.24, 2.45) is 5.92 Å². The Kier molecular flexibility index (Phi) is 4.75. The molecule has 0 saturated heterocycles. The van der Waals surface area contributed by atoms with Gasteiger partial charge in [-0.3, -0.25) is 0 Å². The number of rotatable bonds is 5. The van der Waals surface area contributed by atoms with Gasteiger partial charge in [0.25, 0.3) is 0 Å². The van der Waals surface area contributed by atoms with E-state index in [4.69, 9.17) is 11.6 Å². The molecule has 0 unspecified atom stereocenters. The lowest BCUT2D eigenvalue weighted by atomic mass is 10.1. The summed E-state index contributed by atoms with van der Waals surface area (Å²) in [6, 6.07) is 0. The topological polar surface area (TPSA) is 37.8 Å². The first-order chi connectivity index (χ1) is 7.09. The van der Waals surface area contributed by atoms with E-state index in [1.807, 2.05) is 0 Å². The third kappa shape index (κ3) is 4.42. The SMILES string of the molecule is CC(C)CCCNc1nc(Cl)ncc1F. The molecule has 1 rings (SSSR count). The number of nitrogens with one attached hydrogen (secondary N) is 1.